The van der Waals surface area contributed by atoms with Crippen molar-refractivity contribution in [3.8, 4) is 0 Å². The second-order valence-corrected chi connectivity index (χ2v) is 16.2. The molecule has 11 heteroatoms. The van der Waals surface area contributed by atoms with Crippen molar-refractivity contribution in [3.05, 3.63) is 67.3 Å². The third-order valence-corrected chi connectivity index (χ3v) is 12.3. The standard InChI is InChI=1S/C27H37O8SSi.U/c1-20(35-36(7,29)30)27(25(31-6)24(18-32-27)34-21(2)28)19-33-37(26(3,4)5,22-14-10-8-11-15-22)23-16-12-9-13-17-23;/h8-18,20,24-25H,19H2,1-7H3;/q-1;/t20-,24+,25+,27+;/m1./s1. The molecule has 1 aliphatic heterocycles. The van der Waals surface area contributed by atoms with E-state index >= 15 is 0 Å². The van der Waals surface area contributed by atoms with Gasteiger partial charge in [-0.3, -0.25) is 8.98 Å². The monoisotopic (exact) mass is 787 g/mol. The summed E-state index contributed by atoms with van der Waals surface area (Å²) in [4.78, 5) is 11.8. The molecule has 1 heterocycles. The van der Waals surface area contributed by atoms with Gasteiger partial charge in [-0.2, -0.15) is 15.0 Å². The van der Waals surface area contributed by atoms with Gasteiger partial charge in [-0.05, 0) is 22.3 Å². The number of carbonyl (C=O) groups excluding carboxylic acids is 1. The molecule has 38 heavy (non-hydrogen) atoms. The second-order valence-electron chi connectivity index (χ2n) is 10.3. The Kier molecular flexibility index (Phi) is 11.4. The molecule has 1 fully saturated rings. The average Bonchev–Trinajstić information content (AvgIpc) is 3.16. The largest absolute Gasteiger partial charge is 0.538 e. The molecule has 0 spiro atoms. The Labute approximate surface area is 251 Å². The van der Waals surface area contributed by atoms with Crippen LogP contribution in [0.3, 0.4) is 0 Å². The summed E-state index contributed by atoms with van der Waals surface area (Å²) in [6.45, 7) is 10.6. The van der Waals surface area contributed by atoms with Crippen molar-refractivity contribution in [2.45, 2.75) is 63.6 Å². The number of hydrogen-bond donors (Lipinski definition) is 0. The molecule has 0 unspecified atom stereocenters. The second kappa shape index (κ2) is 13.1. The number of methoxy groups -OCH3 is 1. The van der Waals surface area contributed by atoms with E-state index in [0.717, 1.165) is 16.6 Å². The summed E-state index contributed by atoms with van der Waals surface area (Å²) in [5.74, 6) is -0.521. The summed E-state index contributed by atoms with van der Waals surface area (Å²) in [6, 6.07) is 20.1. The first-order valence-corrected chi connectivity index (χ1v) is 15.8. The normalized spacial score (nSPS) is 22.9. The zero-order chi connectivity index (χ0) is 27.5. The van der Waals surface area contributed by atoms with Gasteiger partial charge in [-0.25, -0.2) is 0 Å². The Morgan fingerprint density at radius 3 is 1.97 bits per heavy atom. The van der Waals surface area contributed by atoms with Gasteiger partial charge in [0.15, 0.2) is 0 Å². The van der Waals surface area contributed by atoms with Crippen molar-refractivity contribution in [2.75, 3.05) is 20.0 Å². The van der Waals surface area contributed by atoms with Gasteiger partial charge in [0.1, 0.15) is 11.7 Å². The maximum Gasteiger partial charge on any atom is 0.300 e. The van der Waals surface area contributed by atoms with Gasteiger partial charge in [0, 0.05) is 51.3 Å². The molecule has 0 aliphatic carbocycles. The van der Waals surface area contributed by atoms with Crippen LogP contribution in [0.5, 0.6) is 0 Å². The molecule has 0 saturated carbocycles. The van der Waals surface area contributed by atoms with Crippen LogP contribution in [-0.2, 0) is 37.7 Å². The van der Waals surface area contributed by atoms with Crippen molar-refractivity contribution in [1.29, 1.82) is 0 Å². The van der Waals surface area contributed by atoms with E-state index in [-0.39, 0.29) is 42.8 Å². The van der Waals surface area contributed by atoms with E-state index in [1.807, 2.05) is 36.4 Å². The third kappa shape index (κ3) is 6.99. The smallest absolute Gasteiger partial charge is 0.300 e. The van der Waals surface area contributed by atoms with Crippen LogP contribution in [0.4, 0.5) is 0 Å². The van der Waals surface area contributed by atoms with E-state index in [9.17, 15) is 13.2 Å². The summed E-state index contributed by atoms with van der Waals surface area (Å²) in [5, 5.41) is 1.76. The van der Waals surface area contributed by atoms with Crippen LogP contribution in [0.25, 0.3) is 0 Å². The van der Waals surface area contributed by atoms with E-state index in [1.165, 1.54) is 20.6 Å². The van der Waals surface area contributed by atoms with Crippen molar-refractivity contribution < 1.29 is 67.1 Å². The number of benzene rings is 2. The van der Waals surface area contributed by atoms with Crippen molar-refractivity contribution in [1.82, 2.24) is 0 Å². The predicted molar refractivity (Wildman–Crippen MR) is 143 cm³/mol. The molecule has 1 saturated heterocycles. The molecule has 0 bridgehead atoms. The Balaban J connectivity index is 0.00000507. The summed E-state index contributed by atoms with van der Waals surface area (Å²) >= 11 is 0. The SMILES string of the molecule is CO[C@H]1[C@@H](OC(C)=O)[CH-]O[C@@]1(CO[Si](c1ccccc1)(c1ccccc1)C(C)(C)C)[C@@H](C)OS(C)(=O)=O.[U]. The zero-order valence-electron chi connectivity index (χ0n) is 23.0. The molecule has 3 rings (SSSR count). The Morgan fingerprint density at radius 2 is 1.58 bits per heavy atom. The van der Waals surface area contributed by atoms with E-state index in [1.54, 1.807) is 6.92 Å². The van der Waals surface area contributed by atoms with Gasteiger partial charge < -0.3 is 18.6 Å². The van der Waals surface area contributed by atoms with Crippen molar-refractivity contribution in [2.24, 2.45) is 0 Å². The minimum atomic E-state index is -3.86. The van der Waals surface area contributed by atoms with Crippen molar-refractivity contribution >= 4 is 34.8 Å². The van der Waals surface area contributed by atoms with Gasteiger partial charge in [0.05, 0.1) is 19.0 Å². The van der Waals surface area contributed by atoms with Crippen molar-refractivity contribution in [3.63, 3.8) is 0 Å². The van der Waals surface area contributed by atoms with Gasteiger partial charge in [0.2, 0.25) is 0 Å². The minimum absolute atomic E-state index is 0. The molecule has 2 aromatic carbocycles. The number of carbonyl (C=O) groups is 1. The summed E-state index contributed by atoms with van der Waals surface area (Å²) in [7, 11) is -5.43. The van der Waals surface area contributed by atoms with Crippen LogP contribution in [0.2, 0.25) is 5.04 Å². The van der Waals surface area contributed by atoms with Gasteiger partial charge in [0.25, 0.3) is 24.4 Å². The number of ether oxygens (including phenoxy) is 3. The molecule has 0 radical (unpaired) electrons. The van der Waals surface area contributed by atoms with Crippen LogP contribution in [-0.4, -0.2) is 66.6 Å². The molecule has 0 N–H and O–H groups in total. The maximum absolute atomic E-state index is 12.2. The minimum Gasteiger partial charge on any atom is -0.538 e. The summed E-state index contributed by atoms with van der Waals surface area (Å²) in [5.41, 5.74) is -1.43. The van der Waals surface area contributed by atoms with Gasteiger partial charge in [-0.1, -0.05) is 81.4 Å². The first kappa shape index (κ1) is 33.2. The molecule has 1 aliphatic rings. The third-order valence-electron chi connectivity index (χ3n) is 6.70. The fraction of sp³-hybridized carbons (Fsp3) is 0.481. The van der Waals surface area contributed by atoms with Gasteiger partial charge >= 0.3 is 0 Å². The van der Waals surface area contributed by atoms with E-state index < -0.39 is 48.3 Å². The molecule has 0 aromatic heterocycles. The van der Waals surface area contributed by atoms with Gasteiger partial charge in [-0.15, -0.1) is 0 Å². The molecule has 2 aromatic rings. The molecule has 0 amide bonds. The number of hydrogen-bond acceptors (Lipinski definition) is 8. The fourth-order valence-corrected chi connectivity index (χ4v) is 10.4. The summed E-state index contributed by atoms with van der Waals surface area (Å²) in [6.07, 6.45) is -1.81. The van der Waals surface area contributed by atoms with Crippen LogP contribution in [0.1, 0.15) is 34.6 Å². The quantitative estimate of drug-likeness (QED) is 0.157. The Bertz CT molecular complexity index is 1120. The summed E-state index contributed by atoms with van der Waals surface area (Å²) < 4.78 is 54.1. The average molecular weight is 788 g/mol. The molecule has 8 nitrogen and oxygen atoms in total. The zero-order valence-corrected chi connectivity index (χ0v) is 28.9. The van der Waals surface area contributed by atoms with E-state index in [0.29, 0.717) is 0 Å². The molecular weight excluding hydrogens is 750 g/mol. The fourth-order valence-electron chi connectivity index (χ4n) is 5.11. The molecule has 208 valence electrons. The van der Waals surface area contributed by atoms with E-state index in [4.69, 9.17) is 22.8 Å². The van der Waals surface area contributed by atoms with E-state index in [2.05, 4.69) is 45.0 Å². The Hall–Kier alpha value is -1.03. The number of rotatable bonds is 10. The maximum atomic E-state index is 12.2. The Morgan fingerprint density at radius 1 is 1.08 bits per heavy atom. The predicted octanol–water partition coefficient (Wildman–Crippen LogP) is 2.81. The first-order chi connectivity index (χ1) is 17.3. The van der Waals surface area contributed by atoms with Crippen LogP contribution in [0, 0.1) is 37.7 Å². The molecule has 4 atom stereocenters. The number of esters is 1. The van der Waals surface area contributed by atoms with Crippen LogP contribution in [0.15, 0.2) is 60.7 Å². The topological polar surface area (TPSA) is 97.4 Å². The van der Waals surface area contributed by atoms with Crippen LogP contribution < -0.4 is 10.4 Å². The van der Waals surface area contributed by atoms with Crippen LogP contribution >= 0.6 is 0 Å². The molecular formula is C27H37O8SSiU-. The first-order valence-electron chi connectivity index (χ1n) is 12.1.